The lowest BCUT2D eigenvalue weighted by molar-refractivity contribution is -0.144. The van der Waals surface area contributed by atoms with Gasteiger partial charge in [0.1, 0.15) is 18.0 Å². The second-order valence-electron chi connectivity index (χ2n) is 6.88. The molecule has 1 saturated heterocycles. The van der Waals surface area contributed by atoms with Crippen molar-refractivity contribution in [1.29, 1.82) is 0 Å². The van der Waals surface area contributed by atoms with Gasteiger partial charge in [-0.15, -0.1) is 0 Å². The summed E-state index contributed by atoms with van der Waals surface area (Å²) in [7, 11) is 3.04. The monoisotopic (exact) mass is 391 g/mol. The number of urea groups is 1. The van der Waals surface area contributed by atoms with Crippen LogP contribution in [-0.4, -0.2) is 60.9 Å². The van der Waals surface area contributed by atoms with E-state index < -0.39 is 36.3 Å². The smallest absolute Gasteiger partial charge is 0.334 e. The lowest BCUT2D eigenvalue weighted by Gasteiger charge is -2.20. The van der Waals surface area contributed by atoms with Gasteiger partial charge in [-0.3, -0.25) is 19.3 Å². The number of nitrogens with zero attached hydrogens (tertiary/aromatic N) is 2. The van der Waals surface area contributed by atoms with Crippen LogP contribution in [0.4, 0.5) is 4.79 Å². The zero-order valence-electron chi connectivity index (χ0n) is 16.6. The Balaban J connectivity index is 2.09. The Labute approximate surface area is 163 Å². The van der Waals surface area contributed by atoms with Crippen molar-refractivity contribution in [3.8, 4) is 11.5 Å². The Kier molecular flexibility index (Phi) is 6.61. The predicted octanol–water partition coefficient (Wildman–Crippen LogP) is 1.33. The van der Waals surface area contributed by atoms with Gasteiger partial charge < -0.3 is 14.8 Å². The normalized spacial score (nSPS) is 15.3. The summed E-state index contributed by atoms with van der Waals surface area (Å²) in [6.07, 6.45) is 0. The van der Waals surface area contributed by atoms with Crippen LogP contribution in [0.2, 0.25) is 0 Å². The minimum Gasteiger partial charge on any atom is -0.497 e. The average Bonchev–Trinajstić information content (AvgIpc) is 2.85. The Hall–Kier alpha value is -3.10. The van der Waals surface area contributed by atoms with Crippen LogP contribution in [0, 0.1) is 5.92 Å². The highest BCUT2D eigenvalue weighted by molar-refractivity contribution is 6.45. The number of ether oxygens (including phenoxy) is 2. The third-order valence-electron chi connectivity index (χ3n) is 4.27. The van der Waals surface area contributed by atoms with E-state index in [1.807, 2.05) is 13.8 Å². The number of rotatable bonds is 8. The van der Waals surface area contributed by atoms with E-state index in [1.165, 1.54) is 14.2 Å². The number of carbonyl (C=O) groups excluding carboxylic acids is 4. The highest BCUT2D eigenvalue weighted by Gasteiger charge is 2.45. The van der Waals surface area contributed by atoms with E-state index >= 15 is 0 Å². The first-order valence-electron chi connectivity index (χ1n) is 8.88. The molecule has 9 nitrogen and oxygen atoms in total. The molecule has 9 heteroatoms. The van der Waals surface area contributed by atoms with Gasteiger partial charge >= 0.3 is 17.8 Å². The first kappa shape index (κ1) is 21.2. The molecule has 0 bridgehead atoms. The third-order valence-corrected chi connectivity index (χ3v) is 4.27. The van der Waals surface area contributed by atoms with Crippen molar-refractivity contribution in [3.05, 3.63) is 23.8 Å². The van der Waals surface area contributed by atoms with E-state index in [2.05, 4.69) is 5.32 Å². The molecule has 1 aliphatic heterocycles. The molecule has 0 aromatic heterocycles. The van der Waals surface area contributed by atoms with Gasteiger partial charge in [0.15, 0.2) is 0 Å². The Morgan fingerprint density at radius 3 is 2.25 bits per heavy atom. The number of hydrogen-bond donors (Lipinski definition) is 1. The first-order chi connectivity index (χ1) is 13.2. The van der Waals surface area contributed by atoms with Gasteiger partial charge in [-0.25, -0.2) is 9.69 Å². The molecule has 1 aromatic rings. The summed E-state index contributed by atoms with van der Waals surface area (Å²) in [6.45, 7) is 4.97. The minimum absolute atomic E-state index is 0.00928. The lowest BCUT2D eigenvalue weighted by atomic mass is 10.1. The van der Waals surface area contributed by atoms with Crippen LogP contribution in [0.1, 0.15) is 32.4 Å². The summed E-state index contributed by atoms with van der Waals surface area (Å²) in [4.78, 5) is 50.3. The van der Waals surface area contributed by atoms with Gasteiger partial charge in [0.05, 0.1) is 20.3 Å². The number of benzene rings is 1. The number of amides is 5. The summed E-state index contributed by atoms with van der Waals surface area (Å²) < 4.78 is 10.5. The molecule has 1 atom stereocenters. The molecule has 2 rings (SSSR count). The van der Waals surface area contributed by atoms with Crippen molar-refractivity contribution in [1.82, 2.24) is 15.1 Å². The van der Waals surface area contributed by atoms with Crippen molar-refractivity contribution < 1.29 is 28.7 Å². The molecule has 1 aliphatic rings. The van der Waals surface area contributed by atoms with Crippen LogP contribution in [-0.2, 0) is 14.4 Å². The number of carbonyl (C=O) groups is 4. The summed E-state index contributed by atoms with van der Waals surface area (Å²) >= 11 is 0. The number of nitrogens with one attached hydrogen (secondary N) is 1. The Bertz CT molecular complexity index is 792. The summed E-state index contributed by atoms with van der Waals surface area (Å²) in [5.41, 5.74) is 0.673. The summed E-state index contributed by atoms with van der Waals surface area (Å²) in [6, 6.07) is 3.92. The standard InChI is InChI=1S/C19H25N3O6/c1-11(2)9-21-17(24)18(25)22(19(21)26)10-16(23)20-12(3)14-8-13(27-4)6-7-15(14)28-5/h6-8,11-12H,9-10H2,1-5H3,(H,20,23)/t12-/m0/s1. The maximum Gasteiger partial charge on any atom is 0.334 e. The number of hydrogen-bond acceptors (Lipinski definition) is 6. The third kappa shape index (κ3) is 4.41. The average molecular weight is 391 g/mol. The molecule has 1 N–H and O–H groups in total. The van der Waals surface area contributed by atoms with Gasteiger partial charge in [0.25, 0.3) is 0 Å². The van der Waals surface area contributed by atoms with E-state index in [0.717, 1.165) is 4.90 Å². The highest BCUT2D eigenvalue weighted by Crippen LogP contribution is 2.29. The Morgan fingerprint density at radius 2 is 1.68 bits per heavy atom. The molecule has 1 aromatic carbocycles. The fourth-order valence-electron chi connectivity index (χ4n) is 2.90. The van der Waals surface area contributed by atoms with Crippen molar-refractivity contribution in [2.24, 2.45) is 5.92 Å². The quantitative estimate of drug-likeness (QED) is 0.529. The second-order valence-corrected chi connectivity index (χ2v) is 6.88. The van der Waals surface area contributed by atoms with Crippen molar-refractivity contribution >= 4 is 23.8 Å². The van der Waals surface area contributed by atoms with E-state index in [9.17, 15) is 19.2 Å². The topological polar surface area (TPSA) is 105 Å². The molecule has 152 valence electrons. The van der Waals surface area contributed by atoms with E-state index in [-0.39, 0.29) is 12.5 Å². The summed E-state index contributed by atoms with van der Waals surface area (Å²) in [5.74, 6) is -1.31. The second kappa shape index (κ2) is 8.73. The molecule has 5 amide bonds. The van der Waals surface area contributed by atoms with Crippen LogP contribution in [0.15, 0.2) is 18.2 Å². The number of imide groups is 2. The Morgan fingerprint density at radius 1 is 1.04 bits per heavy atom. The molecule has 0 saturated carbocycles. The maximum atomic E-state index is 12.4. The fraction of sp³-hybridized carbons (Fsp3) is 0.474. The molecule has 28 heavy (non-hydrogen) atoms. The first-order valence-corrected chi connectivity index (χ1v) is 8.88. The van der Waals surface area contributed by atoms with Crippen LogP contribution in [0.25, 0.3) is 0 Å². The highest BCUT2D eigenvalue weighted by atomic mass is 16.5. The molecular formula is C19H25N3O6. The lowest BCUT2D eigenvalue weighted by Crippen LogP contribution is -2.42. The maximum absolute atomic E-state index is 12.4. The predicted molar refractivity (Wildman–Crippen MR) is 99.8 cm³/mol. The molecule has 0 aliphatic carbocycles. The van der Waals surface area contributed by atoms with Gasteiger partial charge in [-0.2, -0.15) is 0 Å². The van der Waals surface area contributed by atoms with Crippen molar-refractivity contribution in [2.75, 3.05) is 27.3 Å². The fourth-order valence-corrected chi connectivity index (χ4v) is 2.90. The molecule has 0 radical (unpaired) electrons. The molecular weight excluding hydrogens is 366 g/mol. The zero-order valence-corrected chi connectivity index (χ0v) is 16.6. The molecule has 0 unspecified atom stereocenters. The van der Waals surface area contributed by atoms with Gasteiger partial charge in [0.2, 0.25) is 5.91 Å². The SMILES string of the molecule is COc1ccc(OC)c([C@H](C)NC(=O)CN2C(=O)C(=O)N(CC(C)C)C2=O)c1. The zero-order chi connectivity index (χ0) is 21.0. The minimum atomic E-state index is -0.993. The number of methoxy groups -OCH3 is 2. The largest absolute Gasteiger partial charge is 0.497 e. The van der Waals surface area contributed by atoms with Crippen LogP contribution in [0.5, 0.6) is 11.5 Å². The molecule has 1 heterocycles. The molecule has 1 fully saturated rings. The van der Waals surface area contributed by atoms with E-state index in [1.54, 1.807) is 25.1 Å². The van der Waals surface area contributed by atoms with Crippen LogP contribution >= 0.6 is 0 Å². The van der Waals surface area contributed by atoms with Crippen molar-refractivity contribution in [2.45, 2.75) is 26.8 Å². The van der Waals surface area contributed by atoms with E-state index in [4.69, 9.17) is 9.47 Å². The van der Waals surface area contributed by atoms with Crippen LogP contribution in [0.3, 0.4) is 0 Å². The van der Waals surface area contributed by atoms with Crippen LogP contribution < -0.4 is 14.8 Å². The van der Waals surface area contributed by atoms with E-state index in [0.29, 0.717) is 22.0 Å². The van der Waals surface area contributed by atoms with Gasteiger partial charge in [0, 0.05) is 12.1 Å². The summed E-state index contributed by atoms with van der Waals surface area (Å²) in [5, 5.41) is 2.71. The molecule has 0 spiro atoms. The van der Waals surface area contributed by atoms with Crippen molar-refractivity contribution in [3.63, 3.8) is 0 Å². The van der Waals surface area contributed by atoms with Gasteiger partial charge in [-0.05, 0) is 31.0 Å². The van der Waals surface area contributed by atoms with Gasteiger partial charge in [-0.1, -0.05) is 13.8 Å².